The molecule has 0 radical (unpaired) electrons. The number of amides is 1. The molecule has 0 aromatic carbocycles. The Bertz CT molecular complexity index is 267. The van der Waals surface area contributed by atoms with Gasteiger partial charge >= 0.3 is 5.97 Å². The van der Waals surface area contributed by atoms with Gasteiger partial charge in [-0.3, -0.25) is 9.59 Å². The zero-order chi connectivity index (χ0) is 14.1. The van der Waals surface area contributed by atoms with Crippen LogP contribution < -0.4 is 11.1 Å². The molecular weight excluding hydrogens is 232 g/mol. The van der Waals surface area contributed by atoms with E-state index < -0.39 is 11.9 Å². The fraction of sp³-hybridized carbons (Fsp3) is 0.846. The van der Waals surface area contributed by atoms with Gasteiger partial charge in [0.1, 0.15) is 0 Å². The van der Waals surface area contributed by atoms with E-state index in [2.05, 4.69) is 19.2 Å². The highest BCUT2D eigenvalue weighted by atomic mass is 16.4. The van der Waals surface area contributed by atoms with Crippen LogP contribution in [0.5, 0.6) is 0 Å². The largest absolute Gasteiger partial charge is 0.481 e. The van der Waals surface area contributed by atoms with Crippen LogP contribution in [0, 0.1) is 17.8 Å². The van der Waals surface area contributed by atoms with Crippen LogP contribution in [0.15, 0.2) is 0 Å². The second-order valence-electron chi connectivity index (χ2n) is 5.31. The SMILES string of the molecule is CC(C)C[C@H](CN)CC(=O)NCCC(C)C(=O)O. The van der Waals surface area contributed by atoms with Gasteiger partial charge in [-0.1, -0.05) is 20.8 Å². The molecule has 0 aromatic rings. The third kappa shape index (κ3) is 8.06. The quantitative estimate of drug-likeness (QED) is 0.580. The van der Waals surface area contributed by atoms with Gasteiger partial charge < -0.3 is 16.2 Å². The lowest BCUT2D eigenvalue weighted by atomic mass is 9.94. The zero-order valence-electron chi connectivity index (χ0n) is 11.6. The first-order chi connectivity index (χ1) is 8.36. The van der Waals surface area contributed by atoms with Crippen LogP contribution in [0.3, 0.4) is 0 Å². The fourth-order valence-electron chi connectivity index (χ4n) is 1.82. The van der Waals surface area contributed by atoms with Crippen molar-refractivity contribution in [1.82, 2.24) is 5.32 Å². The van der Waals surface area contributed by atoms with Crippen molar-refractivity contribution in [3.8, 4) is 0 Å². The van der Waals surface area contributed by atoms with Gasteiger partial charge in [0, 0.05) is 13.0 Å². The van der Waals surface area contributed by atoms with Gasteiger partial charge in [0.05, 0.1) is 5.92 Å². The fourth-order valence-corrected chi connectivity index (χ4v) is 1.82. The summed E-state index contributed by atoms with van der Waals surface area (Å²) in [4.78, 5) is 22.2. The van der Waals surface area contributed by atoms with Crippen LogP contribution in [-0.4, -0.2) is 30.1 Å². The molecule has 106 valence electrons. The van der Waals surface area contributed by atoms with Gasteiger partial charge in [0.15, 0.2) is 0 Å². The lowest BCUT2D eigenvalue weighted by Gasteiger charge is -2.16. The minimum Gasteiger partial charge on any atom is -0.481 e. The highest BCUT2D eigenvalue weighted by Gasteiger charge is 2.15. The molecule has 0 aliphatic carbocycles. The van der Waals surface area contributed by atoms with Gasteiger partial charge in [-0.25, -0.2) is 0 Å². The predicted molar refractivity (Wildman–Crippen MR) is 71.0 cm³/mol. The summed E-state index contributed by atoms with van der Waals surface area (Å²) in [5.74, 6) is -0.556. The maximum Gasteiger partial charge on any atom is 0.306 e. The maximum atomic E-state index is 11.6. The second-order valence-corrected chi connectivity index (χ2v) is 5.31. The predicted octanol–water partition coefficient (Wildman–Crippen LogP) is 1.22. The molecule has 1 unspecified atom stereocenters. The molecule has 5 nitrogen and oxygen atoms in total. The molecule has 0 bridgehead atoms. The van der Waals surface area contributed by atoms with Crippen molar-refractivity contribution in [3.63, 3.8) is 0 Å². The summed E-state index contributed by atoms with van der Waals surface area (Å²) in [7, 11) is 0. The highest BCUT2D eigenvalue weighted by Crippen LogP contribution is 2.14. The van der Waals surface area contributed by atoms with Crippen molar-refractivity contribution in [3.05, 3.63) is 0 Å². The molecule has 2 atom stereocenters. The molecule has 0 aliphatic heterocycles. The lowest BCUT2D eigenvalue weighted by Crippen LogP contribution is -2.30. The Morgan fingerprint density at radius 3 is 2.33 bits per heavy atom. The molecule has 0 aliphatic rings. The van der Waals surface area contributed by atoms with Crippen LogP contribution in [0.2, 0.25) is 0 Å². The number of carboxylic acid groups (broad SMARTS) is 1. The number of hydrogen-bond donors (Lipinski definition) is 3. The van der Waals surface area contributed by atoms with Crippen LogP contribution >= 0.6 is 0 Å². The minimum absolute atomic E-state index is 0.0383. The summed E-state index contributed by atoms with van der Waals surface area (Å²) in [6.07, 6.45) is 1.82. The van der Waals surface area contributed by atoms with E-state index >= 15 is 0 Å². The monoisotopic (exact) mass is 258 g/mol. The Kier molecular flexibility index (Phi) is 8.37. The molecule has 0 spiro atoms. The third-order valence-electron chi connectivity index (χ3n) is 2.93. The first-order valence-electron chi connectivity index (χ1n) is 6.56. The average Bonchev–Trinajstić information content (AvgIpc) is 2.27. The van der Waals surface area contributed by atoms with E-state index in [-0.39, 0.29) is 11.8 Å². The molecule has 0 saturated carbocycles. The summed E-state index contributed by atoms with van der Waals surface area (Å²) in [5, 5.41) is 11.4. The number of carbonyl (C=O) groups excluding carboxylic acids is 1. The average molecular weight is 258 g/mol. The van der Waals surface area contributed by atoms with E-state index in [0.29, 0.717) is 31.8 Å². The normalized spacial score (nSPS) is 14.3. The number of nitrogens with one attached hydrogen (secondary N) is 1. The van der Waals surface area contributed by atoms with E-state index in [9.17, 15) is 9.59 Å². The minimum atomic E-state index is -0.830. The second kappa shape index (κ2) is 8.91. The summed E-state index contributed by atoms with van der Waals surface area (Å²) in [5.41, 5.74) is 5.63. The lowest BCUT2D eigenvalue weighted by molar-refractivity contribution is -0.141. The molecule has 18 heavy (non-hydrogen) atoms. The number of carboxylic acids is 1. The van der Waals surface area contributed by atoms with E-state index in [0.717, 1.165) is 6.42 Å². The summed E-state index contributed by atoms with van der Waals surface area (Å²) >= 11 is 0. The first-order valence-corrected chi connectivity index (χ1v) is 6.56. The van der Waals surface area contributed by atoms with Gasteiger partial charge in [-0.15, -0.1) is 0 Å². The van der Waals surface area contributed by atoms with E-state index in [1.807, 2.05) is 0 Å². The third-order valence-corrected chi connectivity index (χ3v) is 2.93. The van der Waals surface area contributed by atoms with Crippen molar-refractivity contribution in [2.24, 2.45) is 23.5 Å². The number of nitrogens with two attached hydrogens (primary N) is 1. The first kappa shape index (κ1) is 16.9. The van der Waals surface area contributed by atoms with Gasteiger partial charge in [-0.2, -0.15) is 0 Å². The van der Waals surface area contributed by atoms with Crippen LogP contribution in [-0.2, 0) is 9.59 Å². The van der Waals surface area contributed by atoms with Crippen LogP contribution in [0.25, 0.3) is 0 Å². The van der Waals surface area contributed by atoms with E-state index in [1.165, 1.54) is 0 Å². The van der Waals surface area contributed by atoms with E-state index in [1.54, 1.807) is 6.92 Å². The molecule has 5 heteroatoms. The summed E-state index contributed by atoms with van der Waals surface area (Å²) < 4.78 is 0. The molecule has 0 heterocycles. The Hall–Kier alpha value is -1.10. The zero-order valence-corrected chi connectivity index (χ0v) is 11.6. The molecular formula is C13H26N2O3. The van der Waals surface area contributed by atoms with Gasteiger partial charge in [0.25, 0.3) is 0 Å². The Balaban J connectivity index is 3.85. The Morgan fingerprint density at radius 2 is 1.89 bits per heavy atom. The molecule has 0 saturated heterocycles. The molecule has 0 fully saturated rings. The van der Waals surface area contributed by atoms with Crippen LogP contribution in [0.1, 0.15) is 40.0 Å². The van der Waals surface area contributed by atoms with Crippen molar-refractivity contribution in [1.29, 1.82) is 0 Å². The van der Waals surface area contributed by atoms with Crippen LogP contribution in [0.4, 0.5) is 0 Å². The number of hydrogen-bond acceptors (Lipinski definition) is 3. The van der Waals surface area contributed by atoms with Crippen molar-refractivity contribution in [2.75, 3.05) is 13.1 Å². The van der Waals surface area contributed by atoms with Gasteiger partial charge in [0.2, 0.25) is 5.91 Å². The van der Waals surface area contributed by atoms with Crippen molar-refractivity contribution < 1.29 is 14.7 Å². The Morgan fingerprint density at radius 1 is 1.28 bits per heavy atom. The standard InChI is InChI=1S/C13H26N2O3/c1-9(2)6-11(8-14)7-12(16)15-5-4-10(3)13(17)18/h9-11H,4-8,14H2,1-3H3,(H,15,16)(H,17,18)/t10?,11-/m0/s1. The topological polar surface area (TPSA) is 92.4 Å². The van der Waals surface area contributed by atoms with E-state index in [4.69, 9.17) is 10.8 Å². The number of rotatable bonds is 9. The van der Waals surface area contributed by atoms with Crippen molar-refractivity contribution >= 4 is 11.9 Å². The summed E-state index contributed by atoms with van der Waals surface area (Å²) in [6, 6.07) is 0. The number of aliphatic carboxylic acids is 1. The van der Waals surface area contributed by atoms with Gasteiger partial charge in [-0.05, 0) is 31.2 Å². The molecule has 1 amide bonds. The summed E-state index contributed by atoms with van der Waals surface area (Å²) in [6.45, 7) is 6.77. The molecule has 4 N–H and O–H groups in total. The smallest absolute Gasteiger partial charge is 0.306 e. The molecule has 0 aromatic heterocycles. The Labute approximate surface area is 109 Å². The highest BCUT2D eigenvalue weighted by molar-refractivity contribution is 5.76. The number of carbonyl (C=O) groups is 2. The molecule has 0 rings (SSSR count). The maximum absolute atomic E-state index is 11.6. The van der Waals surface area contributed by atoms with Crippen molar-refractivity contribution in [2.45, 2.75) is 40.0 Å².